The molecule has 1 aliphatic carbocycles. The third kappa shape index (κ3) is 4.24. The van der Waals surface area contributed by atoms with Crippen LogP contribution >= 0.6 is 12.4 Å². The lowest BCUT2D eigenvalue weighted by Crippen LogP contribution is -2.24. The largest absolute Gasteiger partial charge is 0.370 e. The first-order chi connectivity index (χ1) is 8.66. The lowest BCUT2D eigenvalue weighted by atomic mass is 9.84. The topological polar surface area (TPSA) is 81.5 Å². The molecule has 0 unspecified atom stereocenters. The van der Waals surface area contributed by atoms with E-state index in [1.807, 2.05) is 12.1 Å². The summed E-state index contributed by atoms with van der Waals surface area (Å²) in [7, 11) is 0. The fourth-order valence-electron chi connectivity index (χ4n) is 2.52. The molecule has 0 saturated heterocycles. The van der Waals surface area contributed by atoms with Gasteiger partial charge in [-0.3, -0.25) is 4.79 Å². The van der Waals surface area contributed by atoms with Gasteiger partial charge in [0.2, 0.25) is 0 Å². The van der Waals surface area contributed by atoms with Crippen LogP contribution in [0.4, 0.5) is 0 Å². The van der Waals surface area contributed by atoms with E-state index in [4.69, 9.17) is 11.5 Å². The van der Waals surface area contributed by atoms with Crippen LogP contribution in [0.15, 0.2) is 29.3 Å². The lowest BCUT2D eigenvalue weighted by Gasteiger charge is -2.21. The predicted molar refractivity (Wildman–Crippen MR) is 79.7 cm³/mol. The molecule has 0 aliphatic heterocycles. The summed E-state index contributed by atoms with van der Waals surface area (Å²) in [6, 6.07) is 7.65. The molecule has 5 heteroatoms. The highest BCUT2D eigenvalue weighted by Gasteiger charge is 2.15. The molecule has 0 heterocycles. The van der Waals surface area contributed by atoms with Crippen molar-refractivity contribution >= 4 is 24.3 Å². The van der Waals surface area contributed by atoms with Crippen LogP contribution in [0.1, 0.15) is 53.9 Å². The molecule has 2 rings (SSSR count). The molecule has 19 heavy (non-hydrogen) atoms. The Morgan fingerprint density at radius 3 is 2.16 bits per heavy atom. The van der Waals surface area contributed by atoms with Crippen molar-refractivity contribution in [3.63, 3.8) is 0 Å². The van der Waals surface area contributed by atoms with E-state index in [1.54, 1.807) is 12.1 Å². The average molecular weight is 282 g/mol. The lowest BCUT2D eigenvalue weighted by molar-refractivity contribution is 0.100. The molecule has 0 bridgehead atoms. The first kappa shape index (κ1) is 15.5. The fourth-order valence-corrected chi connectivity index (χ4v) is 2.52. The summed E-state index contributed by atoms with van der Waals surface area (Å²) in [6.45, 7) is 0. The third-order valence-corrected chi connectivity index (χ3v) is 3.46. The molecule has 4 nitrogen and oxygen atoms in total. The van der Waals surface area contributed by atoms with Gasteiger partial charge in [0.25, 0.3) is 5.91 Å². The van der Waals surface area contributed by atoms with Crippen LogP contribution in [-0.4, -0.2) is 11.9 Å². The molecule has 4 N–H and O–H groups in total. The summed E-state index contributed by atoms with van der Waals surface area (Å²) < 4.78 is 0. The minimum Gasteiger partial charge on any atom is -0.370 e. The Morgan fingerprint density at radius 1 is 1.05 bits per heavy atom. The van der Waals surface area contributed by atoms with Crippen LogP contribution in [-0.2, 0) is 0 Å². The van der Waals surface area contributed by atoms with Crippen LogP contribution in [0.2, 0.25) is 0 Å². The van der Waals surface area contributed by atoms with Gasteiger partial charge in [-0.2, -0.15) is 4.99 Å². The van der Waals surface area contributed by atoms with Gasteiger partial charge in [-0.1, -0.05) is 31.4 Å². The quantitative estimate of drug-likeness (QED) is 0.646. The van der Waals surface area contributed by atoms with Crippen molar-refractivity contribution in [2.45, 2.75) is 38.0 Å². The zero-order valence-electron chi connectivity index (χ0n) is 10.8. The van der Waals surface area contributed by atoms with E-state index in [0.29, 0.717) is 11.5 Å². The molecule has 1 fully saturated rings. The van der Waals surface area contributed by atoms with E-state index in [-0.39, 0.29) is 24.3 Å². The van der Waals surface area contributed by atoms with E-state index in [1.165, 1.54) is 37.7 Å². The van der Waals surface area contributed by atoms with Crippen LogP contribution in [0, 0.1) is 0 Å². The van der Waals surface area contributed by atoms with Crippen molar-refractivity contribution < 1.29 is 4.79 Å². The second-order valence-corrected chi connectivity index (χ2v) is 4.80. The number of amides is 1. The van der Waals surface area contributed by atoms with Gasteiger partial charge < -0.3 is 11.5 Å². The first-order valence-corrected chi connectivity index (χ1v) is 6.41. The maximum absolute atomic E-state index is 11.6. The number of nitrogens with zero attached hydrogens (tertiary/aromatic N) is 1. The van der Waals surface area contributed by atoms with Crippen LogP contribution in [0.3, 0.4) is 0 Å². The summed E-state index contributed by atoms with van der Waals surface area (Å²) in [5.74, 6) is 0.0625. The number of carbonyl (C=O) groups excluding carboxylic acids is 1. The Balaban J connectivity index is 0.00000180. The molecule has 1 aromatic carbocycles. The summed E-state index contributed by atoms with van der Waals surface area (Å²) in [5, 5.41) is 0. The van der Waals surface area contributed by atoms with E-state index in [9.17, 15) is 4.79 Å². The molecule has 0 radical (unpaired) electrons. The van der Waals surface area contributed by atoms with Gasteiger partial charge in [0, 0.05) is 5.56 Å². The number of hydrogen-bond acceptors (Lipinski definition) is 1. The SMILES string of the molecule is Cl.NC(N)=NC(=O)c1ccc(C2CCCCC2)cc1. The van der Waals surface area contributed by atoms with E-state index >= 15 is 0 Å². The molecule has 104 valence electrons. The number of halogens is 1. The van der Waals surface area contributed by atoms with Crippen LogP contribution in [0.25, 0.3) is 0 Å². The summed E-state index contributed by atoms with van der Waals surface area (Å²) in [5.41, 5.74) is 12.2. The molecule has 0 atom stereocenters. The Labute approximate surface area is 119 Å². The average Bonchev–Trinajstić information content (AvgIpc) is 2.39. The van der Waals surface area contributed by atoms with Crippen molar-refractivity contribution in [2.24, 2.45) is 16.5 Å². The van der Waals surface area contributed by atoms with Gasteiger partial charge >= 0.3 is 0 Å². The molecular formula is C14H20ClN3O. The van der Waals surface area contributed by atoms with Gasteiger partial charge in [0.15, 0.2) is 5.96 Å². The van der Waals surface area contributed by atoms with Crippen molar-refractivity contribution in [3.05, 3.63) is 35.4 Å². The Bertz CT molecular complexity index is 446. The molecule has 1 amide bonds. The van der Waals surface area contributed by atoms with Crippen molar-refractivity contribution in [2.75, 3.05) is 0 Å². The Hall–Kier alpha value is -1.55. The van der Waals surface area contributed by atoms with Gasteiger partial charge in [-0.05, 0) is 36.5 Å². The number of rotatable bonds is 2. The maximum Gasteiger partial charge on any atom is 0.280 e. The second-order valence-electron chi connectivity index (χ2n) is 4.80. The van der Waals surface area contributed by atoms with E-state index in [0.717, 1.165) is 0 Å². The maximum atomic E-state index is 11.6. The monoisotopic (exact) mass is 281 g/mol. The molecule has 1 aliphatic rings. The molecule has 0 aromatic heterocycles. The van der Waals surface area contributed by atoms with Gasteiger partial charge in [0.1, 0.15) is 0 Å². The zero-order valence-corrected chi connectivity index (χ0v) is 11.7. The van der Waals surface area contributed by atoms with Crippen molar-refractivity contribution in [1.82, 2.24) is 0 Å². The Morgan fingerprint density at radius 2 is 1.63 bits per heavy atom. The standard InChI is InChI=1S/C14H19N3O.ClH/c15-14(16)17-13(18)12-8-6-11(7-9-12)10-4-2-1-3-5-10;/h6-10H,1-5H2,(H4,15,16,17,18);1H. The zero-order chi connectivity index (χ0) is 13.0. The molecule has 1 aromatic rings. The van der Waals surface area contributed by atoms with Crippen molar-refractivity contribution in [3.8, 4) is 0 Å². The third-order valence-electron chi connectivity index (χ3n) is 3.46. The van der Waals surface area contributed by atoms with Crippen LogP contribution in [0.5, 0.6) is 0 Å². The van der Waals surface area contributed by atoms with Gasteiger partial charge in [-0.15, -0.1) is 12.4 Å². The predicted octanol–water partition coefficient (Wildman–Crippen LogP) is 2.57. The van der Waals surface area contributed by atoms with Crippen LogP contribution < -0.4 is 11.5 Å². The number of nitrogens with two attached hydrogens (primary N) is 2. The van der Waals surface area contributed by atoms with E-state index < -0.39 is 0 Å². The minimum atomic E-state index is -0.384. The smallest absolute Gasteiger partial charge is 0.280 e. The summed E-state index contributed by atoms with van der Waals surface area (Å²) in [4.78, 5) is 15.1. The summed E-state index contributed by atoms with van der Waals surface area (Å²) in [6.07, 6.45) is 6.46. The van der Waals surface area contributed by atoms with Gasteiger partial charge in [0.05, 0.1) is 0 Å². The number of carbonyl (C=O) groups is 1. The number of benzene rings is 1. The fraction of sp³-hybridized carbons (Fsp3) is 0.429. The number of aliphatic imine (C=N–C) groups is 1. The molecule has 0 spiro atoms. The Kier molecular flexibility index (Phi) is 5.83. The van der Waals surface area contributed by atoms with Crippen molar-refractivity contribution in [1.29, 1.82) is 0 Å². The highest BCUT2D eigenvalue weighted by molar-refractivity contribution is 6.01. The minimum absolute atomic E-state index is 0. The molecule has 1 saturated carbocycles. The second kappa shape index (κ2) is 7.14. The highest BCUT2D eigenvalue weighted by Crippen LogP contribution is 2.32. The normalized spacial score (nSPS) is 15.4. The van der Waals surface area contributed by atoms with E-state index in [2.05, 4.69) is 4.99 Å². The highest BCUT2D eigenvalue weighted by atomic mass is 35.5. The summed E-state index contributed by atoms with van der Waals surface area (Å²) >= 11 is 0. The number of hydrogen-bond donors (Lipinski definition) is 2. The molecular weight excluding hydrogens is 262 g/mol. The van der Waals surface area contributed by atoms with Gasteiger partial charge in [-0.25, -0.2) is 0 Å². The number of guanidine groups is 1. The first-order valence-electron chi connectivity index (χ1n) is 6.41.